The number of ether oxygens (including phenoxy) is 1. The maximum absolute atomic E-state index is 12.0. The Morgan fingerprint density at radius 2 is 1.96 bits per heavy atom. The molecule has 0 fully saturated rings. The Hall–Kier alpha value is -2.93. The topological polar surface area (TPSA) is 73.2 Å². The van der Waals surface area contributed by atoms with Gasteiger partial charge < -0.3 is 10.1 Å². The number of carbonyl (C=O) groups is 2. The van der Waals surface area contributed by atoms with E-state index in [1.165, 1.54) is 18.4 Å². The number of nitrogens with one attached hydrogen (secondary N) is 1. The van der Waals surface area contributed by atoms with E-state index in [0.29, 0.717) is 23.5 Å². The molecule has 2 aromatic heterocycles. The van der Waals surface area contributed by atoms with Gasteiger partial charge in [-0.1, -0.05) is 18.2 Å². The van der Waals surface area contributed by atoms with E-state index < -0.39 is 0 Å². The van der Waals surface area contributed by atoms with Gasteiger partial charge in [0.05, 0.1) is 18.5 Å². The fourth-order valence-corrected chi connectivity index (χ4v) is 3.17. The van der Waals surface area contributed by atoms with Gasteiger partial charge in [0.1, 0.15) is 10.6 Å². The molecule has 1 aromatic carbocycles. The molecule has 0 saturated carbocycles. The molecule has 25 heavy (non-hydrogen) atoms. The van der Waals surface area contributed by atoms with Crippen molar-refractivity contribution in [2.75, 3.05) is 13.7 Å². The number of nitrogens with zero attached hydrogens (tertiary/aromatic N) is 2. The maximum atomic E-state index is 12.0. The first-order valence-electron chi connectivity index (χ1n) is 7.72. The van der Waals surface area contributed by atoms with Crippen molar-refractivity contribution in [3.63, 3.8) is 0 Å². The summed E-state index contributed by atoms with van der Waals surface area (Å²) in [6, 6.07) is 14.5. The van der Waals surface area contributed by atoms with E-state index >= 15 is 0 Å². The molecule has 3 rings (SSSR count). The minimum absolute atomic E-state index is 0.103. The number of methoxy groups -OCH3 is 1. The van der Waals surface area contributed by atoms with Crippen LogP contribution in [0.3, 0.4) is 0 Å². The number of esters is 1. The van der Waals surface area contributed by atoms with Crippen molar-refractivity contribution >= 4 is 23.2 Å². The van der Waals surface area contributed by atoms with Crippen molar-refractivity contribution in [1.82, 2.24) is 15.1 Å². The molecule has 0 spiro atoms. The third kappa shape index (κ3) is 4.13. The standard InChI is InChI=1S/C18H17N3O3S/c1-24-18(23)16-8-7-15(25-16)14-9-11-21(20-14)12-10-19-17(22)13-5-3-2-4-6-13/h2-9,11H,10,12H2,1H3,(H,19,22). The molecule has 7 heteroatoms. The van der Waals surface area contributed by atoms with Crippen LogP contribution in [-0.2, 0) is 11.3 Å². The molecule has 0 aliphatic carbocycles. The van der Waals surface area contributed by atoms with Crippen LogP contribution >= 0.6 is 11.3 Å². The molecule has 0 aliphatic heterocycles. The predicted octanol–water partition coefficient (Wildman–Crippen LogP) is 2.83. The van der Waals surface area contributed by atoms with Crippen molar-refractivity contribution in [1.29, 1.82) is 0 Å². The Bertz CT molecular complexity index is 871. The highest BCUT2D eigenvalue weighted by Crippen LogP contribution is 2.27. The third-order valence-electron chi connectivity index (χ3n) is 3.55. The average Bonchev–Trinajstić information content (AvgIpc) is 3.31. The number of hydrogen-bond acceptors (Lipinski definition) is 5. The van der Waals surface area contributed by atoms with Crippen LogP contribution in [0.15, 0.2) is 54.7 Å². The monoisotopic (exact) mass is 355 g/mol. The summed E-state index contributed by atoms with van der Waals surface area (Å²) in [4.78, 5) is 24.9. The van der Waals surface area contributed by atoms with Gasteiger partial charge in [0.25, 0.3) is 5.91 Å². The van der Waals surface area contributed by atoms with Crippen LogP contribution in [-0.4, -0.2) is 35.3 Å². The number of aromatic nitrogens is 2. The molecule has 1 N–H and O–H groups in total. The van der Waals surface area contributed by atoms with Crippen molar-refractivity contribution < 1.29 is 14.3 Å². The number of hydrogen-bond donors (Lipinski definition) is 1. The minimum atomic E-state index is -0.348. The first-order chi connectivity index (χ1) is 12.2. The van der Waals surface area contributed by atoms with Crippen LogP contribution in [0.5, 0.6) is 0 Å². The van der Waals surface area contributed by atoms with E-state index in [2.05, 4.69) is 10.4 Å². The van der Waals surface area contributed by atoms with Crippen LogP contribution in [0.4, 0.5) is 0 Å². The summed E-state index contributed by atoms with van der Waals surface area (Å²) in [7, 11) is 1.36. The Labute approximate surface area is 149 Å². The quantitative estimate of drug-likeness (QED) is 0.690. The molecule has 3 aromatic rings. The minimum Gasteiger partial charge on any atom is -0.465 e. The van der Waals surface area contributed by atoms with Crippen LogP contribution in [0, 0.1) is 0 Å². The second-order valence-corrected chi connectivity index (χ2v) is 6.33. The van der Waals surface area contributed by atoms with Gasteiger partial charge >= 0.3 is 5.97 Å². The van der Waals surface area contributed by atoms with Gasteiger partial charge in [-0.25, -0.2) is 4.79 Å². The highest BCUT2D eigenvalue weighted by molar-refractivity contribution is 7.17. The highest BCUT2D eigenvalue weighted by Gasteiger charge is 2.12. The Morgan fingerprint density at radius 3 is 2.72 bits per heavy atom. The van der Waals surface area contributed by atoms with Crippen LogP contribution in [0.2, 0.25) is 0 Å². The van der Waals surface area contributed by atoms with Gasteiger partial charge in [-0.05, 0) is 30.3 Å². The SMILES string of the molecule is COC(=O)c1ccc(-c2ccn(CCNC(=O)c3ccccc3)n2)s1. The van der Waals surface area contributed by atoms with E-state index in [1.807, 2.05) is 36.5 Å². The molecule has 2 heterocycles. The lowest BCUT2D eigenvalue weighted by atomic mass is 10.2. The molecule has 128 valence electrons. The summed E-state index contributed by atoms with van der Waals surface area (Å²) < 4.78 is 6.47. The van der Waals surface area contributed by atoms with Crippen molar-refractivity contribution in [3.05, 3.63) is 65.2 Å². The summed E-state index contributed by atoms with van der Waals surface area (Å²) in [5, 5.41) is 7.34. The zero-order valence-corrected chi connectivity index (χ0v) is 14.5. The molecular weight excluding hydrogens is 338 g/mol. The van der Waals surface area contributed by atoms with Gasteiger partial charge in [0.2, 0.25) is 0 Å². The normalized spacial score (nSPS) is 10.4. The molecule has 6 nitrogen and oxygen atoms in total. The van der Waals surface area contributed by atoms with E-state index in [1.54, 1.807) is 22.9 Å². The Kier molecular flexibility index (Phi) is 5.25. The zero-order valence-electron chi connectivity index (χ0n) is 13.6. The summed E-state index contributed by atoms with van der Waals surface area (Å²) in [5.41, 5.74) is 1.42. The molecule has 0 saturated heterocycles. The van der Waals surface area contributed by atoms with E-state index in [4.69, 9.17) is 4.74 Å². The van der Waals surface area contributed by atoms with Crippen LogP contribution in [0.1, 0.15) is 20.0 Å². The van der Waals surface area contributed by atoms with Gasteiger partial charge in [0.15, 0.2) is 0 Å². The zero-order chi connectivity index (χ0) is 17.6. The summed E-state index contributed by atoms with van der Waals surface area (Å²) in [6.07, 6.45) is 1.85. The first kappa shape index (κ1) is 16.9. The second-order valence-electron chi connectivity index (χ2n) is 5.24. The van der Waals surface area contributed by atoms with Gasteiger partial charge in [-0.3, -0.25) is 9.48 Å². The second kappa shape index (κ2) is 7.76. The highest BCUT2D eigenvalue weighted by atomic mass is 32.1. The first-order valence-corrected chi connectivity index (χ1v) is 8.54. The third-order valence-corrected chi connectivity index (χ3v) is 4.64. The molecule has 1 amide bonds. The number of amides is 1. The van der Waals surface area contributed by atoms with Crippen LogP contribution in [0.25, 0.3) is 10.6 Å². The largest absolute Gasteiger partial charge is 0.465 e. The summed E-state index contributed by atoms with van der Waals surface area (Å²) in [6.45, 7) is 1.04. The maximum Gasteiger partial charge on any atom is 0.348 e. The van der Waals surface area contributed by atoms with Crippen LogP contribution < -0.4 is 5.32 Å². The molecule has 0 aliphatic rings. The molecular formula is C18H17N3O3S. The fraction of sp³-hybridized carbons (Fsp3) is 0.167. The lowest BCUT2D eigenvalue weighted by molar-refractivity contribution is 0.0606. The number of rotatable bonds is 6. The lowest BCUT2D eigenvalue weighted by Gasteiger charge is -2.05. The van der Waals surface area contributed by atoms with Gasteiger partial charge in [0, 0.05) is 18.3 Å². The molecule has 0 radical (unpaired) electrons. The Morgan fingerprint density at radius 1 is 1.16 bits per heavy atom. The molecule has 0 unspecified atom stereocenters. The van der Waals surface area contributed by atoms with Crippen molar-refractivity contribution in [2.45, 2.75) is 6.54 Å². The fourth-order valence-electron chi connectivity index (χ4n) is 2.28. The van der Waals surface area contributed by atoms with Gasteiger partial charge in [-0.2, -0.15) is 5.10 Å². The number of carbonyl (C=O) groups excluding carboxylic acids is 2. The van der Waals surface area contributed by atoms with E-state index in [0.717, 1.165) is 10.6 Å². The smallest absolute Gasteiger partial charge is 0.348 e. The van der Waals surface area contributed by atoms with Gasteiger partial charge in [-0.15, -0.1) is 11.3 Å². The number of benzene rings is 1. The predicted molar refractivity (Wildman–Crippen MR) is 95.7 cm³/mol. The Balaban J connectivity index is 1.56. The molecule has 0 atom stereocenters. The van der Waals surface area contributed by atoms with Crippen molar-refractivity contribution in [3.8, 4) is 10.6 Å². The lowest BCUT2D eigenvalue weighted by Crippen LogP contribution is -2.27. The summed E-state index contributed by atoms with van der Waals surface area (Å²) >= 11 is 1.34. The average molecular weight is 355 g/mol. The summed E-state index contributed by atoms with van der Waals surface area (Å²) in [5.74, 6) is -0.451. The van der Waals surface area contributed by atoms with Crippen molar-refractivity contribution in [2.24, 2.45) is 0 Å². The van der Waals surface area contributed by atoms with E-state index in [9.17, 15) is 9.59 Å². The molecule has 0 bridgehead atoms. The number of thiophene rings is 1. The van der Waals surface area contributed by atoms with E-state index in [-0.39, 0.29) is 11.9 Å².